The van der Waals surface area contributed by atoms with E-state index in [-0.39, 0.29) is 11.8 Å². The topological polar surface area (TPSA) is 76.7 Å². The van der Waals surface area contributed by atoms with Gasteiger partial charge in [0.1, 0.15) is 11.5 Å². The molecule has 0 spiro atoms. The van der Waals surface area contributed by atoms with Crippen molar-refractivity contribution in [3.8, 4) is 11.5 Å². The highest BCUT2D eigenvalue weighted by Gasteiger charge is 2.16. The molecule has 0 heterocycles. The Hall–Kier alpha value is -3.80. The van der Waals surface area contributed by atoms with E-state index in [4.69, 9.17) is 9.47 Å². The molecule has 3 rings (SSSR count). The first-order chi connectivity index (χ1) is 14.9. The van der Waals surface area contributed by atoms with E-state index in [0.29, 0.717) is 17.0 Å². The summed E-state index contributed by atoms with van der Waals surface area (Å²) in [6.07, 6.45) is -0.695. The molecule has 6 nitrogen and oxygen atoms in total. The van der Waals surface area contributed by atoms with Crippen molar-refractivity contribution in [2.24, 2.45) is 0 Å². The minimum absolute atomic E-state index is 0.239. The van der Waals surface area contributed by atoms with E-state index in [1.54, 1.807) is 62.6 Å². The highest BCUT2D eigenvalue weighted by Crippen LogP contribution is 2.19. The zero-order valence-corrected chi connectivity index (χ0v) is 18.1. The van der Waals surface area contributed by atoms with Gasteiger partial charge in [0.2, 0.25) is 0 Å². The number of carbonyl (C=O) groups excluding carboxylic acids is 2. The standard InChI is InChI=1S/C25H26N2O4/c1-16-5-14-23(17(2)15-16)27-24(28)18(3)31-22-10-6-19(7-11-22)25(29)26-20-8-12-21(30-4)13-9-20/h5-15,18H,1-4H3,(H,26,29)(H,27,28). The molecule has 0 bridgehead atoms. The van der Waals surface area contributed by atoms with Crippen molar-refractivity contribution < 1.29 is 19.1 Å². The highest BCUT2D eigenvalue weighted by atomic mass is 16.5. The lowest BCUT2D eigenvalue weighted by Crippen LogP contribution is -2.30. The van der Waals surface area contributed by atoms with Gasteiger partial charge in [-0.3, -0.25) is 9.59 Å². The minimum Gasteiger partial charge on any atom is -0.497 e. The van der Waals surface area contributed by atoms with Crippen molar-refractivity contribution in [2.45, 2.75) is 26.9 Å². The van der Waals surface area contributed by atoms with Gasteiger partial charge in [0.05, 0.1) is 7.11 Å². The summed E-state index contributed by atoms with van der Waals surface area (Å²) in [7, 11) is 1.59. The van der Waals surface area contributed by atoms with Gasteiger partial charge < -0.3 is 20.1 Å². The molecule has 0 fully saturated rings. The lowest BCUT2D eigenvalue weighted by atomic mass is 10.1. The molecule has 2 N–H and O–H groups in total. The first kappa shape index (κ1) is 21.9. The Kier molecular flexibility index (Phi) is 6.92. The Morgan fingerprint density at radius 2 is 1.48 bits per heavy atom. The summed E-state index contributed by atoms with van der Waals surface area (Å²) in [4.78, 5) is 24.9. The number of methoxy groups -OCH3 is 1. The average molecular weight is 418 g/mol. The van der Waals surface area contributed by atoms with E-state index in [1.165, 1.54) is 0 Å². The molecule has 0 saturated carbocycles. The number of benzene rings is 3. The minimum atomic E-state index is -0.695. The van der Waals surface area contributed by atoms with Gasteiger partial charge in [-0.15, -0.1) is 0 Å². The molecule has 0 aliphatic rings. The quantitative estimate of drug-likeness (QED) is 0.568. The molecule has 0 radical (unpaired) electrons. The van der Waals surface area contributed by atoms with Crippen LogP contribution in [0.2, 0.25) is 0 Å². The Morgan fingerprint density at radius 3 is 2.10 bits per heavy atom. The summed E-state index contributed by atoms with van der Waals surface area (Å²) in [5, 5.41) is 5.71. The predicted octanol–water partition coefficient (Wildman–Crippen LogP) is 4.97. The van der Waals surface area contributed by atoms with E-state index in [2.05, 4.69) is 10.6 Å². The maximum absolute atomic E-state index is 12.5. The molecular formula is C25H26N2O4. The fraction of sp³-hybridized carbons (Fsp3) is 0.200. The molecule has 31 heavy (non-hydrogen) atoms. The molecule has 6 heteroatoms. The lowest BCUT2D eigenvalue weighted by molar-refractivity contribution is -0.122. The molecule has 1 unspecified atom stereocenters. The number of ether oxygens (including phenoxy) is 2. The second kappa shape index (κ2) is 9.80. The second-order valence-corrected chi connectivity index (χ2v) is 7.27. The van der Waals surface area contributed by atoms with E-state index in [9.17, 15) is 9.59 Å². The van der Waals surface area contributed by atoms with Crippen LogP contribution in [0.3, 0.4) is 0 Å². The van der Waals surface area contributed by atoms with Crippen molar-refractivity contribution in [1.82, 2.24) is 0 Å². The number of hydrogen-bond donors (Lipinski definition) is 2. The van der Waals surface area contributed by atoms with E-state index in [1.807, 2.05) is 32.0 Å². The van der Waals surface area contributed by atoms with Crippen LogP contribution in [0, 0.1) is 13.8 Å². The molecule has 3 aromatic rings. The van der Waals surface area contributed by atoms with Crippen LogP contribution in [-0.4, -0.2) is 25.0 Å². The normalized spacial score (nSPS) is 11.4. The van der Waals surface area contributed by atoms with Gasteiger partial charge in [0.25, 0.3) is 11.8 Å². The van der Waals surface area contributed by atoms with Crippen molar-refractivity contribution >= 4 is 23.2 Å². The van der Waals surface area contributed by atoms with E-state index in [0.717, 1.165) is 22.6 Å². The van der Waals surface area contributed by atoms with Gasteiger partial charge in [-0.05, 0) is 80.9 Å². The second-order valence-electron chi connectivity index (χ2n) is 7.27. The third-order valence-electron chi connectivity index (χ3n) is 4.79. The van der Waals surface area contributed by atoms with Crippen LogP contribution in [-0.2, 0) is 4.79 Å². The Morgan fingerprint density at radius 1 is 0.839 bits per heavy atom. The van der Waals surface area contributed by atoms with Crippen molar-refractivity contribution in [1.29, 1.82) is 0 Å². The molecule has 0 aromatic heterocycles. The van der Waals surface area contributed by atoms with Crippen LogP contribution in [0.15, 0.2) is 66.7 Å². The SMILES string of the molecule is COc1ccc(NC(=O)c2ccc(OC(C)C(=O)Nc3ccc(C)cc3C)cc2)cc1. The smallest absolute Gasteiger partial charge is 0.265 e. The molecule has 3 aromatic carbocycles. The van der Waals surface area contributed by atoms with Gasteiger partial charge in [0, 0.05) is 16.9 Å². The fourth-order valence-corrected chi connectivity index (χ4v) is 3.01. The number of nitrogens with one attached hydrogen (secondary N) is 2. The largest absolute Gasteiger partial charge is 0.497 e. The average Bonchev–Trinajstić information content (AvgIpc) is 2.76. The highest BCUT2D eigenvalue weighted by molar-refractivity contribution is 6.04. The summed E-state index contributed by atoms with van der Waals surface area (Å²) in [5.74, 6) is 0.741. The third-order valence-corrected chi connectivity index (χ3v) is 4.79. The first-order valence-electron chi connectivity index (χ1n) is 9.96. The number of carbonyl (C=O) groups is 2. The van der Waals surface area contributed by atoms with Crippen molar-refractivity contribution in [3.05, 3.63) is 83.4 Å². The van der Waals surface area contributed by atoms with Crippen LogP contribution >= 0.6 is 0 Å². The number of amides is 2. The number of rotatable bonds is 7. The fourth-order valence-electron chi connectivity index (χ4n) is 3.01. The van der Waals surface area contributed by atoms with Crippen LogP contribution < -0.4 is 20.1 Å². The number of hydrogen-bond acceptors (Lipinski definition) is 4. The molecule has 160 valence electrons. The van der Waals surface area contributed by atoms with E-state index < -0.39 is 6.10 Å². The van der Waals surface area contributed by atoms with Crippen LogP contribution in [0.1, 0.15) is 28.4 Å². The van der Waals surface area contributed by atoms with Gasteiger partial charge in [0.15, 0.2) is 6.10 Å². The summed E-state index contributed by atoms with van der Waals surface area (Å²) >= 11 is 0. The van der Waals surface area contributed by atoms with Crippen LogP contribution in [0.25, 0.3) is 0 Å². The Bertz CT molecular complexity index is 1060. The molecular weight excluding hydrogens is 392 g/mol. The number of aryl methyl sites for hydroxylation is 2. The summed E-state index contributed by atoms with van der Waals surface area (Å²) in [6.45, 7) is 5.64. The molecule has 1 atom stereocenters. The Balaban J connectivity index is 1.57. The maximum atomic E-state index is 12.5. The van der Waals surface area contributed by atoms with Gasteiger partial charge in [-0.2, -0.15) is 0 Å². The zero-order valence-electron chi connectivity index (χ0n) is 18.1. The summed E-state index contributed by atoms with van der Waals surface area (Å²) in [5.41, 5.74) is 4.04. The zero-order chi connectivity index (χ0) is 22.4. The van der Waals surface area contributed by atoms with Crippen molar-refractivity contribution in [2.75, 3.05) is 17.7 Å². The van der Waals surface area contributed by atoms with E-state index >= 15 is 0 Å². The maximum Gasteiger partial charge on any atom is 0.265 e. The molecule has 2 amide bonds. The molecule has 0 aliphatic heterocycles. The van der Waals surface area contributed by atoms with Crippen LogP contribution in [0.5, 0.6) is 11.5 Å². The van der Waals surface area contributed by atoms with Gasteiger partial charge in [-0.25, -0.2) is 0 Å². The number of anilines is 2. The molecule has 0 saturated heterocycles. The third kappa shape index (κ3) is 5.85. The van der Waals surface area contributed by atoms with Crippen LogP contribution in [0.4, 0.5) is 11.4 Å². The van der Waals surface area contributed by atoms with Crippen molar-refractivity contribution in [3.63, 3.8) is 0 Å². The Labute approximate surface area is 182 Å². The molecule has 0 aliphatic carbocycles. The van der Waals surface area contributed by atoms with Gasteiger partial charge >= 0.3 is 0 Å². The lowest BCUT2D eigenvalue weighted by Gasteiger charge is -2.16. The monoisotopic (exact) mass is 418 g/mol. The first-order valence-corrected chi connectivity index (χ1v) is 9.96. The predicted molar refractivity (Wildman–Crippen MR) is 122 cm³/mol. The summed E-state index contributed by atoms with van der Waals surface area (Å²) in [6, 6.07) is 19.6. The summed E-state index contributed by atoms with van der Waals surface area (Å²) < 4.78 is 10.8. The van der Waals surface area contributed by atoms with Gasteiger partial charge in [-0.1, -0.05) is 17.7 Å².